The molecule has 3 nitrogen and oxygen atoms in total. The molecule has 0 spiro atoms. The SMILES string of the molecule is CC(C)=O.O=S=O. The van der Waals surface area contributed by atoms with Gasteiger partial charge in [-0.3, -0.25) is 0 Å². The van der Waals surface area contributed by atoms with Crippen molar-refractivity contribution in [2.24, 2.45) is 0 Å². The quantitative estimate of drug-likeness (QED) is 0.451. The summed E-state index contributed by atoms with van der Waals surface area (Å²) in [5.74, 6) is 0.167. The topological polar surface area (TPSA) is 51.2 Å². The molecule has 0 aromatic carbocycles. The molecule has 0 atom stereocenters. The van der Waals surface area contributed by atoms with Crippen LogP contribution in [0.5, 0.6) is 0 Å². The van der Waals surface area contributed by atoms with Gasteiger partial charge in [-0.25, -0.2) is 0 Å². The van der Waals surface area contributed by atoms with E-state index in [1.54, 1.807) is 0 Å². The Kier molecular flexibility index (Phi) is 12.6. The van der Waals surface area contributed by atoms with Crippen LogP contribution < -0.4 is 0 Å². The van der Waals surface area contributed by atoms with Gasteiger partial charge >= 0.3 is 11.6 Å². The number of carbonyl (C=O) groups excluding carboxylic acids is 1. The number of Topliss-reactive ketones (excluding diaryl/α,β-unsaturated/α-hetero) is 1. The van der Waals surface area contributed by atoms with Crippen molar-refractivity contribution in [3.63, 3.8) is 0 Å². The molecule has 7 heavy (non-hydrogen) atoms. The number of rotatable bonds is 0. The van der Waals surface area contributed by atoms with Crippen molar-refractivity contribution in [2.75, 3.05) is 0 Å². The Hall–Kier alpha value is -0.510. The molecule has 0 aliphatic rings. The Morgan fingerprint density at radius 2 is 1.29 bits per heavy atom. The van der Waals surface area contributed by atoms with Crippen LogP contribution >= 0.6 is 0 Å². The van der Waals surface area contributed by atoms with Crippen molar-refractivity contribution in [2.45, 2.75) is 13.8 Å². The van der Waals surface area contributed by atoms with Gasteiger partial charge in [-0.05, 0) is 13.8 Å². The van der Waals surface area contributed by atoms with Gasteiger partial charge in [0.15, 0.2) is 0 Å². The van der Waals surface area contributed by atoms with Gasteiger partial charge in [0.05, 0.1) is 0 Å². The summed E-state index contributed by atoms with van der Waals surface area (Å²) in [7, 11) is 0. The van der Waals surface area contributed by atoms with Crippen LogP contribution in [0, 0.1) is 0 Å². The maximum atomic E-state index is 9.44. The molecular weight excluding hydrogens is 116 g/mol. The van der Waals surface area contributed by atoms with Crippen LogP contribution in [-0.4, -0.2) is 14.2 Å². The number of hydrogen-bond acceptors (Lipinski definition) is 3. The predicted octanol–water partition coefficient (Wildman–Crippen LogP) is -0.0749. The number of ketones is 1. The Morgan fingerprint density at radius 3 is 1.29 bits per heavy atom. The van der Waals surface area contributed by atoms with Crippen LogP contribution in [-0.2, 0) is 16.4 Å². The standard InChI is InChI=1S/C3H6O.O2S/c1-3(2)4;1-3-2/h1-2H3;. The Labute approximate surface area is 45.3 Å². The van der Waals surface area contributed by atoms with Gasteiger partial charge in [0, 0.05) is 0 Å². The summed E-state index contributed by atoms with van der Waals surface area (Å²) in [5, 5.41) is 0. The lowest BCUT2D eigenvalue weighted by Crippen LogP contribution is -1.69. The summed E-state index contributed by atoms with van der Waals surface area (Å²) >= 11 is -0.750. The van der Waals surface area contributed by atoms with E-state index in [0.717, 1.165) is 0 Å². The van der Waals surface area contributed by atoms with Crippen molar-refractivity contribution in [1.29, 1.82) is 0 Å². The summed E-state index contributed by atoms with van der Waals surface area (Å²) in [4.78, 5) is 9.44. The second kappa shape index (κ2) is 9.09. The third-order valence-electron chi connectivity index (χ3n) is 0. The van der Waals surface area contributed by atoms with Crippen LogP contribution in [0.25, 0.3) is 0 Å². The van der Waals surface area contributed by atoms with E-state index in [1.807, 2.05) is 0 Å². The third kappa shape index (κ3) is 257. The molecular formula is C3H6O3S. The largest absolute Gasteiger partial charge is 0.335 e. The van der Waals surface area contributed by atoms with E-state index < -0.39 is 11.6 Å². The second-order valence-corrected chi connectivity index (χ2v) is 1.11. The normalized spacial score (nSPS) is 5.43. The summed E-state index contributed by atoms with van der Waals surface area (Å²) in [6.45, 7) is 3.06. The minimum Gasteiger partial charge on any atom is -0.300 e. The van der Waals surface area contributed by atoms with Crippen molar-refractivity contribution in [1.82, 2.24) is 0 Å². The van der Waals surface area contributed by atoms with E-state index in [1.165, 1.54) is 13.8 Å². The molecule has 0 fully saturated rings. The van der Waals surface area contributed by atoms with Gasteiger partial charge in [0.2, 0.25) is 0 Å². The maximum absolute atomic E-state index is 9.44. The summed E-state index contributed by atoms with van der Waals surface area (Å²) < 4.78 is 16.6. The monoisotopic (exact) mass is 122 g/mol. The lowest BCUT2D eigenvalue weighted by Gasteiger charge is -1.56. The van der Waals surface area contributed by atoms with Gasteiger partial charge in [-0.15, -0.1) is 0 Å². The van der Waals surface area contributed by atoms with E-state index >= 15 is 0 Å². The van der Waals surface area contributed by atoms with Gasteiger partial charge in [0.1, 0.15) is 5.78 Å². The molecule has 42 valence electrons. The smallest absolute Gasteiger partial charge is 0.300 e. The average Bonchev–Trinajstić information content (AvgIpc) is 1.33. The Morgan fingerprint density at radius 1 is 1.29 bits per heavy atom. The molecule has 0 saturated heterocycles. The molecule has 0 aliphatic carbocycles. The highest BCUT2D eigenvalue weighted by Crippen LogP contribution is 1.50. The molecule has 0 amide bonds. The molecule has 0 rings (SSSR count). The molecule has 0 aromatic rings. The zero-order chi connectivity index (χ0) is 6.28. The molecule has 0 bridgehead atoms. The van der Waals surface area contributed by atoms with Gasteiger partial charge in [-0.2, -0.15) is 8.42 Å². The van der Waals surface area contributed by atoms with E-state index in [2.05, 4.69) is 0 Å². The first-order chi connectivity index (χ1) is 3.15. The molecule has 4 heteroatoms. The Bertz CT molecular complexity index is 78.2. The summed E-state index contributed by atoms with van der Waals surface area (Å²) in [6, 6.07) is 0. The first-order valence-corrected chi connectivity index (χ1v) is 2.20. The highest BCUT2D eigenvalue weighted by Gasteiger charge is 1.62. The molecule has 0 heterocycles. The highest BCUT2D eigenvalue weighted by atomic mass is 32.1. The summed E-state index contributed by atoms with van der Waals surface area (Å²) in [5.41, 5.74) is 0. The predicted molar refractivity (Wildman–Crippen MR) is 25.3 cm³/mol. The van der Waals surface area contributed by atoms with Gasteiger partial charge < -0.3 is 4.79 Å². The van der Waals surface area contributed by atoms with Gasteiger partial charge in [0.25, 0.3) is 0 Å². The molecule has 0 aromatic heterocycles. The third-order valence-corrected chi connectivity index (χ3v) is 0. The van der Waals surface area contributed by atoms with Crippen LogP contribution in [0.2, 0.25) is 0 Å². The highest BCUT2D eigenvalue weighted by molar-refractivity contribution is 7.51. The van der Waals surface area contributed by atoms with E-state index in [-0.39, 0.29) is 5.78 Å². The molecule has 0 unspecified atom stereocenters. The average molecular weight is 122 g/mol. The van der Waals surface area contributed by atoms with E-state index in [0.29, 0.717) is 0 Å². The van der Waals surface area contributed by atoms with E-state index in [4.69, 9.17) is 8.42 Å². The number of carbonyl (C=O) groups is 1. The van der Waals surface area contributed by atoms with Crippen molar-refractivity contribution in [3.8, 4) is 0 Å². The molecule has 0 N–H and O–H groups in total. The minimum atomic E-state index is -0.750. The maximum Gasteiger partial charge on any atom is 0.335 e. The minimum absolute atomic E-state index is 0.167. The lowest BCUT2D eigenvalue weighted by atomic mass is 10.6. The van der Waals surface area contributed by atoms with Crippen molar-refractivity contribution in [3.05, 3.63) is 0 Å². The zero-order valence-electron chi connectivity index (χ0n) is 4.13. The van der Waals surface area contributed by atoms with Crippen molar-refractivity contribution >= 4 is 17.4 Å². The molecule has 0 aliphatic heterocycles. The first kappa shape index (κ1) is 9.70. The van der Waals surface area contributed by atoms with Crippen LogP contribution in [0.3, 0.4) is 0 Å². The molecule has 0 saturated carbocycles. The van der Waals surface area contributed by atoms with Crippen LogP contribution in [0.15, 0.2) is 0 Å². The van der Waals surface area contributed by atoms with Gasteiger partial charge in [-0.1, -0.05) is 0 Å². The lowest BCUT2D eigenvalue weighted by molar-refractivity contribution is -0.114. The first-order valence-electron chi connectivity index (χ1n) is 1.54. The fourth-order valence-electron chi connectivity index (χ4n) is 0. The summed E-state index contributed by atoms with van der Waals surface area (Å²) in [6.07, 6.45) is 0. The second-order valence-electron chi connectivity index (χ2n) is 0.976. The van der Waals surface area contributed by atoms with Crippen LogP contribution in [0.1, 0.15) is 13.8 Å². The fraction of sp³-hybridized carbons (Fsp3) is 0.667. The number of hydrogen-bond donors (Lipinski definition) is 0. The molecule has 0 radical (unpaired) electrons. The zero-order valence-corrected chi connectivity index (χ0v) is 4.95. The van der Waals surface area contributed by atoms with E-state index in [9.17, 15) is 4.79 Å². The Balaban J connectivity index is 0. The van der Waals surface area contributed by atoms with Crippen molar-refractivity contribution < 1.29 is 13.2 Å². The van der Waals surface area contributed by atoms with Crippen LogP contribution in [0.4, 0.5) is 0 Å². The fourth-order valence-corrected chi connectivity index (χ4v) is 0.